The summed E-state index contributed by atoms with van der Waals surface area (Å²) in [7, 11) is 0. The zero-order valence-corrected chi connectivity index (χ0v) is 12.5. The zero-order valence-electron chi connectivity index (χ0n) is 12.5. The Morgan fingerprint density at radius 2 is 2.11 bits per heavy atom. The Hall–Kier alpha value is -1.09. The van der Waals surface area contributed by atoms with E-state index in [1.54, 1.807) is 0 Å². The van der Waals surface area contributed by atoms with Gasteiger partial charge in [0.15, 0.2) is 0 Å². The summed E-state index contributed by atoms with van der Waals surface area (Å²) in [5.74, 6) is 1.15. The summed E-state index contributed by atoms with van der Waals surface area (Å²) in [6.07, 6.45) is 7.34. The third-order valence-corrected chi connectivity index (χ3v) is 4.18. The highest BCUT2D eigenvalue weighted by atomic mass is 15.2. The van der Waals surface area contributed by atoms with Crippen LogP contribution in [0.5, 0.6) is 0 Å². The van der Waals surface area contributed by atoms with Crippen LogP contribution in [0.2, 0.25) is 0 Å². The normalized spacial score (nSPS) is 17.6. The quantitative estimate of drug-likeness (QED) is 0.849. The minimum atomic E-state index is 0.397. The Morgan fingerprint density at radius 1 is 1.37 bits per heavy atom. The Morgan fingerprint density at radius 3 is 2.74 bits per heavy atom. The van der Waals surface area contributed by atoms with Crippen molar-refractivity contribution in [3.8, 4) is 0 Å². The molecule has 1 atom stereocenters. The van der Waals surface area contributed by atoms with E-state index in [1.165, 1.54) is 31.2 Å². The second-order valence-electron chi connectivity index (χ2n) is 5.45. The van der Waals surface area contributed by atoms with Crippen LogP contribution in [0, 0.1) is 0 Å². The fraction of sp³-hybridized carbons (Fsp3) is 0.688. The largest absolute Gasteiger partial charge is 0.354 e. The molecular formula is C16H27N3. The van der Waals surface area contributed by atoms with Gasteiger partial charge in [0.05, 0.1) is 0 Å². The maximum atomic E-state index is 4.60. The highest BCUT2D eigenvalue weighted by Gasteiger charge is 2.22. The van der Waals surface area contributed by atoms with Gasteiger partial charge in [0.25, 0.3) is 0 Å². The van der Waals surface area contributed by atoms with Gasteiger partial charge in [-0.05, 0) is 50.9 Å². The maximum absolute atomic E-state index is 4.60. The molecule has 1 aliphatic carbocycles. The predicted octanol–water partition coefficient (Wildman–Crippen LogP) is 3.52. The summed E-state index contributed by atoms with van der Waals surface area (Å²) in [6.45, 7) is 8.65. The lowest BCUT2D eigenvalue weighted by molar-refractivity contribution is 0.591. The van der Waals surface area contributed by atoms with Gasteiger partial charge in [0, 0.05) is 24.8 Å². The number of anilines is 1. The first-order valence-corrected chi connectivity index (χ1v) is 7.72. The maximum Gasteiger partial charge on any atom is 0.129 e. The van der Waals surface area contributed by atoms with Crippen molar-refractivity contribution in [2.24, 2.45) is 0 Å². The molecule has 1 aromatic rings. The van der Waals surface area contributed by atoms with Crippen LogP contribution in [0.25, 0.3) is 0 Å². The fourth-order valence-electron chi connectivity index (χ4n) is 3.11. The number of nitrogens with one attached hydrogen (secondary N) is 1. The van der Waals surface area contributed by atoms with Crippen molar-refractivity contribution in [2.75, 3.05) is 18.0 Å². The third kappa shape index (κ3) is 3.47. The number of rotatable bonds is 6. The molecule has 3 heteroatoms. The summed E-state index contributed by atoms with van der Waals surface area (Å²) >= 11 is 0. The molecule has 2 rings (SSSR count). The van der Waals surface area contributed by atoms with Crippen molar-refractivity contribution >= 4 is 5.82 Å². The van der Waals surface area contributed by atoms with Gasteiger partial charge in [-0.1, -0.05) is 19.8 Å². The lowest BCUT2D eigenvalue weighted by Crippen LogP contribution is -2.33. The van der Waals surface area contributed by atoms with E-state index in [-0.39, 0.29) is 0 Å². The number of hydrogen-bond acceptors (Lipinski definition) is 3. The zero-order chi connectivity index (χ0) is 13.7. The molecule has 3 nitrogen and oxygen atoms in total. The summed E-state index contributed by atoms with van der Waals surface area (Å²) in [5.41, 5.74) is 1.34. The molecule has 19 heavy (non-hydrogen) atoms. The van der Waals surface area contributed by atoms with Crippen molar-refractivity contribution in [1.29, 1.82) is 0 Å². The van der Waals surface area contributed by atoms with Crippen LogP contribution in [-0.4, -0.2) is 24.1 Å². The number of aromatic nitrogens is 1. The van der Waals surface area contributed by atoms with E-state index < -0.39 is 0 Å². The minimum Gasteiger partial charge on any atom is -0.354 e. The van der Waals surface area contributed by atoms with Crippen LogP contribution >= 0.6 is 0 Å². The molecule has 1 fully saturated rings. The van der Waals surface area contributed by atoms with Crippen molar-refractivity contribution in [3.05, 3.63) is 23.9 Å². The average molecular weight is 261 g/mol. The van der Waals surface area contributed by atoms with Gasteiger partial charge >= 0.3 is 0 Å². The SMILES string of the molecule is CCNC(C)c1ccnc(N(CC)C2CCCC2)c1. The second-order valence-corrected chi connectivity index (χ2v) is 5.45. The average Bonchev–Trinajstić information content (AvgIpc) is 2.94. The first-order valence-electron chi connectivity index (χ1n) is 7.72. The summed E-state index contributed by atoms with van der Waals surface area (Å²) in [6, 6.07) is 5.48. The standard InChI is InChI=1S/C16H27N3/c1-4-17-13(3)14-10-11-18-16(12-14)19(5-2)15-8-6-7-9-15/h10-13,15,17H,4-9H2,1-3H3. The molecule has 1 aliphatic rings. The van der Waals surface area contributed by atoms with Crippen LogP contribution < -0.4 is 10.2 Å². The van der Waals surface area contributed by atoms with Crippen LogP contribution in [0.3, 0.4) is 0 Å². The van der Waals surface area contributed by atoms with Crippen LogP contribution in [0.15, 0.2) is 18.3 Å². The third-order valence-electron chi connectivity index (χ3n) is 4.18. The van der Waals surface area contributed by atoms with Crippen LogP contribution in [-0.2, 0) is 0 Å². The van der Waals surface area contributed by atoms with Crippen LogP contribution in [0.1, 0.15) is 58.1 Å². The Labute approximate surface area is 117 Å². The monoisotopic (exact) mass is 261 g/mol. The first kappa shape index (κ1) is 14.3. The molecule has 1 saturated carbocycles. The molecule has 0 bridgehead atoms. The number of nitrogens with zero attached hydrogens (tertiary/aromatic N) is 2. The van der Waals surface area contributed by atoms with Gasteiger partial charge in [0.1, 0.15) is 5.82 Å². The van der Waals surface area contributed by atoms with E-state index in [0.717, 1.165) is 18.9 Å². The summed E-state index contributed by atoms with van der Waals surface area (Å²) in [4.78, 5) is 7.08. The molecule has 0 radical (unpaired) electrons. The van der Waals surface area contributed by atoms with Crippen molar-refractivity contribution in [2.45, 2.75) is 58.5 Å². The van der Waals surface area contributed by atoms with Crippen molar-refractivity contribution < 1.29 is 0 Å². The molecular weight excluding hydrogens is 234 g/mol. The Bertz CT molecular complexity index is 385. The van der Waals surface area contributed by atoms with Gasteiger partial charge in [0.2, 0.25) is 0 Å². The molecule has 1 N–H and O–H groups in total. The molecule has 0 spiro atoms. The Kier molecular flexibility index (Phi) is 5.20. The molecule has 0 aromatic carbocycles. The van der Waals surface area contributed by atoms with Crippen molar-refractivity contribution in [1.82, 2.24) is 10.3 Å². The molecule has 1 aromatic heterocycles. The van der Waals surface area contributed by atoms with E-state index in [9.17, 15) is 0 Å². The van der Waals surface area contributed by atoms with Gasteiger partial charge in [-0.15, -0.1) is 0 Å². The fourth-order valence-corrected chi connectivity index (χ4v) is 3.11. The van der Waals surface area contributed by atoms with Gasteiger partial charge in [-0.2, -0.15) is 0 Å². The number of pyridine rings is 1. The molecule has 1 unspecified atom stereocenters. The molecule has 106 valence electrons. The van der Waals surface area contributed by atoms with E-state index in [1.807, 2.05) is 6.20 Å². The van der Waals surface area contributed by atoms with Crippen LogP contribution in [0.4, 0.5) is 5.82 Å². The molecule has 0 aliphatic heterocycles. The molecule has 0 amide bonds. The summed E-state index contributed by atoms with van der Waals surface area (Å²) in [5, 5.41) is 3.47. The van der Waals surface area contributed by atoms with Crippen molar-refractivity contribution in [3.63, 3.8) is 0 Å². The smallest absolute Gasteiger partial charge is 0.129 e. The minimum absolute atomic E-state index is 0.397. The summed E-state index contributed by atoms with van der Waals surface area (Å²) < 4.78 is 0. The number of hydrogen-bond donors (Lipinski definition) is 1. The highest BCUT2D eigenvalue weighted by molar-refractivity contribution is 5.43. The predicted molar refractivity (Wildman–Crippen MR) is 81.6 cm³/mol. The van der Waals surface area contributed by atoms with Gasteiger partial charge in [-0.3, -0.25) is 0 Å². The Balaban J connectivity index is 2.15. The van der Waals surface area contributed by atoms with Gasteiger partial charge < -0.3 is 10.2 Å². The lowest BCUT2D eigenvalue weighted by atomic mass is 10.1. The van der Waals surface area contributed by atoms with E-state index in [0.29, 0.717) is 12.1 Å². The van der Waals surface area contributed by atoms with E-state index >= 15 is 0 Å². The first-order chi connectivity index (χ1) is 9.26. The molecule has 0 saturated heterocycles. The second kappa shape index (κ2) is 6.90. The van der Waals surface area contributed by atoms with Gasteiger partial charge in [-0.25, -0.2) is 4.98 Å². The topological polar surface area (TPSA) is 28.2 Å². The van der Waals surface area contributed by atoms with E-state index in [2.05, 4.69) is 48.1 Å². The molecule has 1 heterocycles. The lowest BCUT2D eigenvalue weighted by Gasteiger charge is -2.29. The highest BCUT2D eigenvalue weighted by Crippen LogP contribution is 2.28. The van der Waals surface area contributed by atoms with E-state index in [4.69, 9.17) is 0 Å².